The van der Waals surface area contributed by atoms with Crippen molar-refractivity contribution < 1.29 is 24.2 Å². The number of ether oxygens (including phenoxy) is 2. The van der Waals surface area contributed by atoms with Crippen LogP contribution in [0.3, 0.4) is 0 Å². The van der Waals surface area contributed by atoms with Gasteiger partial charge in [-0.25, -0.2) is 0 Å². The van der Waals surface area contributed by atoms with E-state index in [2.05, 4.69) is 18.8 Å². The van der Waals surface area contributed by atoms with Crippen LogP contribution in [0.2, 0.25) is 0 Å². The molecule has 180 valence electrons. The maximum atomic E-state index is 13.2. The van der Waals surface area contributed by atoms with E-state index in [1.54, 1.807) is 67.9 Å². The van der Waals surface area contributed by atoms with E-state index in [9.17, 15) is 14.7 Å². The number of aliphatic hydroxyl groups excluding tert-OH is 1. The lowest BCUT2D eigenvalue weighted by atomic mass is 9.98. The summed E-state index contributed by atoms with van der Waals surface area (Å²) in [5.41, 5.74) is 1.75. The van der Waals surface area contributed by atoms with Gasteiger partial charge in [-0.3, -0.25) is 14.6 Å². The minimum Gasteiger partial charge on any atom is -0.507 e. The molecule has 1 fully saturated rings. The Morgan fingerprint density at radius 1 is 1.00 bits per heavy atom. The Hall–Kier alpha value is -4.13. The summed E-state index contributed by atoms with van der Waals surface area (Å²) in [5.74, 6) is 0.0610. The van der Waals surface area contributed by atoms with Crippen molar-refractivity contribution in [1.29, 1.82) is 0 Å². The van der Waals surface area contributed by atoms with Crippen molar-refractivity contribution >= 4 is 17.4 Å². The fourth-order valence-electron chi connectivity index (χ4n) is 3.94. The highest BCUT2D eigenvalue weighted by Gasteiger charge is 2.46. The van der Waals surface area contributed by atoms with Crippen molar-refractivity contribution in [3.8, 4) is 11.5 Å². The average molecular weight is 473 g/mol. The third-order valence-electron chi connectivity index (χ3n) is 5.73. The van der Waals surface area contributed by atoms with Crippen molar-refractivity contribution in [2.45, 2.75) is 26.4 Å². The van der Waals surface area contributed by atoms with Crippen LogP contribution < -0.4 is 9.47 Å². The van der Waals surface area contributed by atoms with Gasteiger partial charge in [0, 0.05) is 18.3 Å². The molecule has 0 bridgehead atoms. The van der Waals surface area contributed by atoms with E-state index >= 15 is 0 Å². The minimum absolute atomic E-state index is 0.0121. The molecule has 1 saturated heterocycles. The van der Waals surface area contributed by atoms with Crippen LogP contribution in [0.5, 0.6) is 11.5 Å². The average Bonchev–Trinajstić information content (AvgIpc) is 3.13. The Kier molecular flexibility index (Phi) is 7.15. The van der Waals surface area contributed by atoms with E-state index in [1.165, 1.54) is 4.90 Å². The molecule has 0 radical (unpaired) electrons. The first-order chi connectivity index (χ1) is 16.9. The van der Waals surface area contributed by atoms with Crippen LogP contribution in [0, 0.1) is 5.92 Å². The van der Waals surface area contributed by atoms with Gasteiger partial charge in [0.2, 0.25) is 0 Å². The van der Waals surface area contributed by atoms with E-state index in [-0.39, 0.29) is 17.9 Å². The topological polar surface area (TPSA) is 89.0 Å². The summed E-state index contributed by atoms with van der Waals surface area (Å²) in [6, 6.07) is 18.6. The molecule has 1 unspecified atom stereocenters. The van der Waals surface area contributed by atoms with E-state index in [0.29, 0.717) is 35.3 Å². The number of likely N-dealkylation sites (tertiary alicyclic amines) is 1. The molecule has 3 aromatic rings. The predicted octanol–water partition coefficient (Wildman–Crippen LogP) is 4.75. The molecule has 2 heterocycles. The largest absolute Gasteiger partial charge is 0.507 e. The third-order valence-corrected chi connectivity index (χ3v) is 5.73. The standard InChI is InChI=1S/C28H28N2O5/c1-18(2)17-35-22-13-9-20(10-14-22)26(31)24-25(23-6-4-5-15-29-23)30(28(33)27(24)32)16-19-7-11-21(34-3)12-8-19/h4-15,18,25,31H,16-17H2,1-3H3/b26-24-. The van der Waals surface area contributed by atoms with E-state index in [4.69, 9.17) is 9.47 Å². The molecule has 35 heavy (non-hydrogen) atoms. The number of nitrogens with zero attached hydrogens (tertiary/aromatic N) is 2. The molecular formula is C28H28N2O5. The van der Waals surface area contributed by atoms with Crippen molar-refractivity contribution in [2.75, 3.05) is 13.7 Å². The molecule has 1 aliphatic heterocycles. The summed E-state index contributed by atoms with van der Waals surface area (Å²) < 4.78 is 10.9. The first-order valence-electron chi connectivity index (χ1n) is 11.4. The summed E-state index contributed by atoms with van der Waals surface area (Å²) in [6.45, 7) is 4.86. The molecule has 0 aliphatic carbocycles. The summed E-state index contributed by atoms with van der Waals surface area (Å²) in [6.07, 6.45) is 1.60. The fraction of sp³-hybridized carbons (Fsp3) is 0.250. The molecule has 0 saturated carbocycles. The van der Waals surface area contributed by atoms with Gasteiger partial charge in [0.05, 0.1) is 25.0 Å². The number of hydrogen-bond donors (Lipinski definition) is 1. The lowest BCUT2D eigenvalue weighted by Gasteiger charge is -2.24. The second kappa shape index (κ2) is 10.4. The number of methoxy groups -OCH3 is 1. The van der Waals surface area contributed by atoms with E-state index in [1.807, 2.05) is 12.1 Å². The van der Waals surface area contributed by atoms with Crippen LogP contribution in [0.25, 0.3) is 5.76 Å². The summed E-state index contributed by atoms with van der Waals surface area (Å²) in [5, 5.41) is 11.2. The number of aromatic nitrogens is 1. The number of carbonyl (C=O) groups is 2. The first kappa shape index (κ1) is 24.0. The lowest BCUT2D eigenvalue weighted by molar-refractivity contribution is -0.140. The van der Waals surface area contributed by atoms with Crippen molar-refractivity contribution in [2.24, 2.45) is 5.92 Å². The number of rotatable bonds is 8. The fourth-order valence-corrected chi connectivity index (χ4v) is 3.94. The summed E-state index contributed by atoms with van der Waals surface area (Å²) >= 11 is 0. The zero-order chi connectivity index (χ0) is 24.9. The van der Waals surface area contributed by atoms with Crippen molar-refractivity contribution in [3.63, 3.8) is 0 Å². The van der Waals surface area contributed by atoms with Crippen LogP contribution in [-0.4, -0.2) is 40.4 Å². The van der Waals surface area contributed by atoms with Crippen LogP contribution in [0.1, 0.15) is 36.7 Å². The second-order valence-electron chi connectivity index (χ2n) is 8.76. The molecular weight excluding hydrogens is 444 g/mol. The quantitative estimate of drug-likeness (QED) is 0.289. The van der Waals surface area contributed by atoms with Crippen LogP contribution in [0.15, 0.2) is 78.5 Å². The molecule has 1 aromatic heterocycles. The van der Waals surface area contributed by atoms with Gasteiger partial charge in [-0.1, -0.05) is 32.0 Å². The number of aliphatic hydroxyl groups is 1. The number of hydrogen-bond acceptors (Lipinski definition) is 6. The first-order valence-corrected chi connectivity index (χ1v) is 11.4. The van der Waals surface area contributed by atoms with Crippen LogP contribution in [0.4, 0.5) is 0 Å². The van der Waals surface area contributed by atoms with Gasteiger partial charge in [-0.2, -0.15) is 0 Å². The Bertz CT molecular complexity index is 1220. The van der Waals surface area contributed by atoms with Gasteiger partial charge in [0.25, 0.3) is 11.7 Å². The smallest absolute Gasteiger partial charge is 0.296 e. The maximum absolute atomic E-state index is 13.2. The summed E-state index contributed by atoms with van der Waals surface area (Å²) in [7, 11) is 1.58. The Balaban J connectivity index is 1.72. The predicted molar refractivity (Wildman–Crippen MR) is 132 cm³/mol. The van der Waals surface area contributed by atoms with Crippen molar-refractivity contribution in [1.82, 2.24) is 9.88 Å². The Labute approximate surface area is 204 Å². The number of carbonyl (C=O) groups excluding carboxylic acids is 2. The zero-order valence-corrected chi connectivity index (χ0v) is 20.0. The van der Waals surface area contributed by atoms with Gasteiger partial charge in [-0.05, 0) is 60.0 Å². The molecule has 1 aliphatic rings. The number of amides is 1. The number of benzene rings is 2. The Morgan fingerprint density at radius 2 is 1.69 bits per heavy atom. The SMILES string of the molecule is COc1ccc(CN2C(=O)C(=O)/C(=C(\O)c3ccc(OCC(C)C)cc3)C2c2ccccn2)cc1. The maximum Gasteiger partial charge on any atom is 0.296 e. The minimum atomic E-state index is -0.824. The van der Waals surface area contributed by atoms with E-state index in [0.717, 1.165) is 5.56 Å². The third kappa shape index (κ3) is 5.19. The highest BCUT2D eigenvalue weighted by atomic mass is 16.5. The number of Topliss-reactive ketones (excluding diaryl/α,β-unsaturated/α-hetero) is 1. The van der Waals surface area contributed by atoms with Crippen LogP contribution >= 0.6 is 0 Å². The number of pyridine rings is 1. The Morgan fingerprint density at radius 3 is 2.29 bits per heavy atom. The molecule has 1 atom stereocenters. The van der Waals surface area contributed by atoms with E-state index < -0.39 is 17.7 Å². The summed E-state index contributed by atoms with van der Waals surface area (Å²) in [4.78, 5) is 32.1. The van der Waals surface area contributed by atoms with Crippen molar-refractivity contribution in [3.05, 3.63) is 95.3 Å². The van der Waals surface area contributed by atoms with Crippen LogP contribution in [-0.2, 0) is 16.1 Å². The van der Waals surface area contributed by atoms with Gasteiger partial charge in [0.15, 0.2) is 0 Å². The molecule has 0 spiro atoms. The van der Waals surface area contributed by atoms with Gasteiger partial charge < -0.3 is 19.5 Å². The highest BCUT2D eigenvalue weighted by molar-refractivity contribution is 6.46. The molecule has 1 N–H and O–H groups in total. The normalized spacial score (nSPS) is 17.1. The number of ketones is 1. The molecule has 1 amide bonds. The molecule has 2 aromatic carbocycles. The highest BCUT2D eigenvalue weighted by Crippen LogP contribution is 2.39. The monoisotopic (exact) mass is 472 g/mol. The van der Waals surface area contributed by atoms with Gasteiger partial charge >= 0.3 is 0 Å². The van der Waals surface area contributed by atoms with Gasteiger partial charge in [-0.15, -0.1) is 0 Å². The zero-order valence-electron chi connectivity index (χ0n) is 20.0. The molecule has 7 nitrogen and oxygen atoms in total. The van der Waals surface area contributed by atoms with Gasteiger partial charge in [0.1, 0.15) is 23.3 Å². The lowest BCUT2D eigenvalue weighted by Crippen LogP contribution is -2.29. The second-order valence-corrected chi connectivity index (χ2v) is 8.76. The molecule has 4 rings (SSSR count). The molecule has 7 heteroatoms.